The Labute approximate surface area is 198 Å². The van der Waals surface area contributed by atoms with E-state index in [4.69, 9.17) is 0 Å². The van der Waals surface area contributed by atoms with Crippen LogP contribution in [0.25, 0.3) is 0 Å². The number of β-amino-alcohol motifs (C(OH)–C–C–N with tert-alkyl or cyclic N) is 1. The van der Waals surface area contributed by atoms with Gasteiger partial charge in [0.15, 0.2) is 0 Å². The molecule has 0 bridgehead atoms. The monoisotopic (exact) mass is 462 g/mol. The molecule has 1 aliphatic rings. The molecule has 1 saturated heterocycles. The van der Waals surface area contributed by atoms with Crippen molar-refractivity contribution >= 4 is 17.5 Å². The number of rotatable bonds is 7. The number of aryl methyl sites for hydroxylation is 1. The Hall–Kier alpha value is -3.59. The van der Waals surface area contributed by atoms with Crippen molar-refractivity contribution in [3.63, 3.8) is 0 Å². The molecule has 2 amide bonds. The van der Waals surface area contributed by atoms with Crippen LogP contribution in [0.2, 0.25) is 0 Å². The maximum atomic E-state index is 12.9. The van der Waals surface area contributed by atoms with Crippen molar-refractivity contribution in [1.82, 2.24) is 24.6 Å². The summed E-state index contributed by atoms with van der Waals surface area (Å²) in [6.45, 7) is 7.19. The number of amides is 2. The number of aromatic nitrogens is 4. The zero-order valence-corrected chi connectivity index (χ0v) is 19.7. The molecule has 3 aromatic rings. The summed E-state index contributed by atoms with van der Waals surface area (Å²) in [5.41, 5.74) is 2.26. The number of nitrogens with one attached hydrogen (secondary N) is 1. The number of aliphatic hydroxyl groups is 1. The van der Waals surface area contributed by atoms with E-state index in [0.717, 1.165) is 24.4 Å². The van der Waals surface area contributed by atoms with Crippen molar-refractivity contribution in [3.05, 3.63) is 71.6 Å². The van der Waals surface area contributed by atoms with Crippen LogP contribution >= 0.6 is 0 Å². The molecule has 9 heteroatoms. The minimum Gasteiger partial charge on any atom is -0.391 e. The van der Waals surface area contributed by atoms with Crippen molar-refractivity contribution in [2.45, 2.75) is 58.2 Å². The summed E-state index contributed by atoms with van der Waals surface area (Å²) in [6.07, 6.45) is 3.96. The standard InChI is InChI=1S/C25H30N6O3/c1-4-30-15-27-29-23(30)10-16(2)18-6-5-7-20(12-18)28-24(33)22-13-19(8-9-26-22)25(34)31-14-21(32)11-17(31)3/h5-9,12-13,15-17,21,32H,4,10-11,14H2,1-3H3,(H,28,33)/t16-,17-,21+/m1/s1. The number of hydrogen-bond acceptors (Lipinski definition) is 6. The average molecular weight is 463 g/mol. The summed E-state index contributed by atoms with van der Waals surface area (Å²) < 4.78 is 2.02. The molecule has 0 radical (unpaired) electrons. The van der Waals surface area contributed by atoms with E-state index in [9.17, 15) is 14.7 Å². The van der Waals surface area contributed by atoms with Gasteiger partial charge < -0.3 is 19.9 Å². The molecule has 1 fully saturated rings. The van der Waals surface area contributed by atoms with E-state index >= 15 is 0 Å². The summed E-state index contributed by atoms with van der Waals surface area (Å²) in [7, 11) is 0. The Morgan fingerprint density at radius 2 is 2.09 bits per heavy atom. The number of nitrogens with zero attached hydrogens (tertiary/aromatic N) is 5. The molecule has 2 N–H and O–H groups in total. The highest BCUT2D eigenvalue weighted by Gasteiger charge is 2.32. The molecule has 0 aliphatic carbocycles. The van der Waals surface area contributed by atoms with Crippen LogP contribution in [0.1, 0.15) is 65.3 Å². The number of likely N-dealkylation sites (tertiary alicyclic amines) is 1. The highest BCUT2D eigenvalue weighted by atomic mass is 16.3. The molecule has 0 saturated carbocycles. The molecule has 3 heterocycles. The highest BCUT2D eigenvalue weighted by Crippen LogP contribution is 2.23. The van der Waals surface area contributed by atoms with Gasteiger partial charge in [0, 0.05) is 43.0 Å². The van der Waals surface area contributed by atoms with Gasteiger partial charge in [0.05, 0.1) is 6.10 Å². The summed E-state index contributed by atoms with van der Waals surface area (Å²) in [4.78, 5) is 31.5. The Bertz CT molecular complexity index is 1180. The number of pyridine rings is 1. The molecule has 0 unspecified atom stereocenters. The third kappa shape index (κ3) is 5.14. The lowest BCUT2D eigenvalue weighted by atomic mass is 9.97. The average Bonchev–Trinajstić information content (AvgIpc) is 3.43. The molecule has 3 atom stereocenters. The molecule has 2 aromatic heterocycles. The summed E-state index contributed by atoms with van der Waals surface area (Å²) >= 11 is 0. The molecule has 34 heavy (non-hydrogen) atoms. The maximum Gasteiger partial charge on any atom is 0.274 e. The minimum absolute atomic E-state index is 0.0520. The molecule has 1 aromatic carbocycles. The van der Waals surface area contributed by atoms with E-state index in [2.05, 4.69) is 34.3 Å². The van der Waals surface area contributed by atoms with Crippen LogP contribution in [-0.4, -0.2) is 60.3 Å². The SMILES string of the molecule is CCn1cnnc1C[C@@H](C)c1cccc(NC(=O)c2cc(C(=O)N3C[C@@H](O)C[C@H]3C)ccn2)c1. The summed E-state index contributed by atoms with van der Waals surface area (Å²) in [5, 5.41) is 20.9. The fourth-order valence-corrected chi connectivity index (χ4v) is 4.35. The van der Waals surface area contributed by atoms with Crippen molar-refractivity contribution in [2.24, 2.45) is 0 Å². The Morgan fingerprint density at radius 1 is 1.26 bits per heavy atom. The fraction of sp³-hybridized carbons (Fsp3) is 0.400. The van der Waals surface area contributed by atoms with Crippen LogP contribution in [0.3, 0.4) is 0 Å². The van der Waals surface area contributed by atoms with E-state index in [1.807, 2.05) is 35.8 Å². The highest BCUT2D eigenvalue weighted by molar-refractivity contribution is 6.04. The number of benzene rings is 1. The van der Waals surface area contributed by atoms with Crippen LogP contribution in [0.15, 0.2) is 48.9 Å². The van der Waals surface area contributed by atoms with Crippen molar-refractivity contribution in [1.29, 1.82) is 0 Å². The van der Waals surface area contributed by atoms with Gasteiger partial charge in [-0.25, -0.2) is 0 Å². The van der Waals surface area contributed by atoms with Gasteiger partial charge in [-0.05, 0) is 56.0 Å². The predicted octanol–water partition coefficient (Wildman–Crippen LogP) is 2.89. The Morgan fingerprint density at radius 3 is 2.82 bits per heavy atom. The molecule has 9 nitrogen and oxygen atoms in total. The molecule has 4 rings (SSSR count). The number of carbonyl (C=O) groups is 2. The molecule has 1 aliphatic heterocycles. The van der Waals surface area contributed by atoms with E-state index in [1.54, 1.807) is 17.3 Å². The van der Waals surface area contributed by atoms with Crippen molar-refractivity contribution in [2.75, 3.05) is 11.9 Å². The largest absolute Gasteiger partial charge is 0.391 e. The molecular weight excluding hydrogens is 432 g/mol. The van der Waals surface area contributed by atoms with Crippen LogP contribution in [0.4, 0.5) is 5.69 Å². The lowest BCUT2D eigenvalue weighted by Gasteiger charge is -2.21. The predicted molar refractivity (Wildman–Crippen MR) is 128 cm³/mol. The fourth-order valence-electron chi connectivity index (χ4n) is 4.35. The second-order valence-electron chi connectivity index (χ2n) is 8.84. The van der Waals surface area contributed by atoms with Crippen LogP contribution in [-0.2, 0) is 13.0 Å². The lowest BCUT2D eigenvalue weighted by molar-refractivity contribution is 0.0726. The van der Waals surface area contributed by atoms with E-state index in [0.29, 0.717) is 24.2 Å². The quantitative estimate of drug-likeness (QED) is 0.558. The van der Waals surface area contributed by atoms with Gasteiger partial charge in [0.2, 0.25) is 0 Å². The van der Waals surface area contributed by atoms with Crippen molar-refractivity contribution in [3.8, 4) is 0 Å². The number of aliphatic hydroxyl groups excluding tert-OH is 1. The summed E-state index contributed by atoms with van der Waals surface area (Å²) in [6, 6.07) is 10.7. The topological polar surface area (TPSA) is 113 Å². The number of carbonyl (C=O) groups excluding carboxylic acids is 2. The summed E-state index contributed by atoms with van der Waals surface area (Å²) in [5.74, 6) is 0.508. The third-order valence-corrected chi connectivity index (χ3v) is 6.29. The number of hydrogen-bond donors (Lipinski definition) is 2. The first-order valence-corrected chi connectivity index (χ1v) is 11.6. The van der Waals surface area contributed by atoms with Gasteiger partial charge in [0.1, 0.15) is 17.8 Å². The third-order valence-electron chi connectivity index (χ3n) is 6.29. The lowest BCUT2D eigenvalue weighted by Crippen LogP contribution is -2.34. The number of anilines is 1. The molecular formula is C25H30N6O3. The Balaban J connectivity index is 1.45. The second-order valence-corrected chi connectivity index (χ2v) is 8.84. The molecule has 178 valence electrons. The zero-order chi connectivity index (χ0) is 24.2. The Kier molecular flexibility index (Phi) is 7.02. The first-order chi connectivity index (χ1) is 16.4. The first kappa shape index (κ1) is 23.6. The van der Waals surface area contributed by atoms with Crippen molar-refractivity contribution < 1.29 is 14.7 Å². The van der Waals surface area contributed by atoms with Crippen LogP contribution in [0, 0.1) is 0 Å². The smallest absolute Gasteiger partial charge is 0.274 e. The maximum absolute atomic E-state index is 12.9. The van der Waals surface area contributed by atoms with Gasteiger partial charge in [0.25, 0.3) is 11.8 Å². The van der Waals surface area contributed by atoms with Gasteiger partial charge in [-0.15, -0.1) is 10.2 Å². The van der Waals surface area contributed by atoms with Gasteiger partial charge in [-0.3, -0.25) is 14.6 Å². The van der Waals surface area contributed by atoms with E-state index in [1.165, 1.54) is 12.3 Å². The van der Waals surface area contributed by atoms with Gasteiger partial charge >= 0.3 is 0 Å². The molecule has 0 spiro atoms. The van der Waals surface area contributed by atoms with E-state index < -0.39 is 6.10 Å². The van der Waals surface area contributed by atoms with Crippen LogP contribution in [0.5, 0.6) is 0 Å². The minimum atomic E-state index is -0.517. The second kappa shape index (κ2) is 10.1. The first-order valence-electron chi connectivity index (χ1n) is 11.6. The van der Waals surface area contributed by atoms with Gasteiger partial charge in [-0.1, -0.05) is 19.1 Å². The normalized spacial score (nSPS) is 18.6. The van der Waals surface area contributed by atoms with Gasteiger partial charge in [-0.2, -0.15) is 0 Å². The van der Waals surface area contributed by atoms with Crippen LogP contribution < -0.4 is 5.32 Å². The van der Waals surface area contributed by atoms with E-state index in [-0.39, 0.29) is 29.5 Å². The zero-order valence-electron chi connectivity index (χ0n) is 19.7.